The maximum Gasteiger partial charge on any atom is 0.129 e. The molecule has 0 amide bonds. The fraction of sp³-hybridized carbons (Fsp3) is 0.400. The summed E-state index contributed by atoms with van der Waals surface area (Å²) in [5.74, 6) is 1.75. The van der Waals surface area contributed by atoms with E-state index in [4.69, 9.17) is 32.9 Å². The van der Waals surface area contributed by atoms with Crippen molar-refractivity contribution in [3.63, 3.8) is 0 Å². The van der Waals surface area contributed by atoms with Crippen LogP contribution in [0.25, 0.3) is 10.9 Å². The Kier molecular flexibility index (Phi) is 6.22. The molecule has 2 saturated heterocycles. The van der Waals surface area contributed by atoms with Crippen LogP contribution in [0.15, 0.2) is 48.5 Å². The lowest BCUT2D eigenvalue weighted by molar-refractivity contribution is 0.123. The normalized spacial score (nSPS) is 18.0. The highest BCUT2D eigenvalue weighted by Crippen LogP contribution is 2.31. The van der Waals surface area contributed by atoms with E-state index in [1.165, 1.54) is 16.6 Å². The number of pyridine rings is 1. The Morgan fingerprint density at radius 1 is 0.871 bits per heavy atom. The summed E-state index contributed by atoms with van der Waals surface area (Å²) in [7, 11) is 0. The Hall–Kier alpha value is -2.01. The molecule has 31 heavy (non-hydrogen) atoms. The Bertz CT molecular complexity index is 1060. The minimum atomic E-state index is 0.624. The highest BCUT2D eigenvalue weighted by Gasteiger charge is 2.22. The average Bonchev–Trinajstić information content (AvgIpc) is 2.82. The quantitative estimate of drug-likeness (QED) is 0.494. The van der Waals surface area contributed by atoms with Gasteiger partial charge in [0.1, 0.15) is 5.82 Å². The second-order valence-corrected chi connectivity index (χ2v) is 9.32. The van der Waals surface area contributed by atoms with Gasteiger partial charge in [0.05, 0.1) is 34.5 Å². The molecular weight excluding hydrogens is 429 g/mol. The molecule has 3 heterocycles. The van der Waals surface area contributed by atoms with Gasteiger partial charge < -0.3 is 14.5 Å². The van der Waals surface area contributed by atoms with Crippen molar-refractivity contribution < 1.29 is 4.74 Å². The molecule has 4 nitrogen and oxygen atoms in total. The molecule has 2 aromatic carbocycles. The molecular formula is C25H27Cl2N3O. The van der Waals surface area contributed by atoms with Gasteiger partial charge in [-0.3, -0.25) is 0 Å². The summed E-state index contributed by atoms with van der Waals surface area (Å²) < 4.78 is 5.53. The Labute approximate surface area is 193 Å². The van der Waals surface area contributed by atoms with Crippen molar-refractivity contribution in [2.24, 2.45) is 5.92 Å². The van der Waals surface area contributed by atoms with Crippen molar-refractivity contribution in [1.82, 2.24) is 4.98 Å². The zero-order chi connectivity index (χ0) is 21.2. The lowest BCUT2D eigenvalue weighted by Crippen LogP contribution is -2.36. The molecule has 2 aliphatic rings. The third kappa shape index (κ3) is 4.62. The second-order valence-electron chi connectivity index (χ2n) is 8.50. The topological polar surface area (TPSA) is 28.6 Å². The Morgan fingerprint density at radius 2 is 1.68 bits per heavy atom. The van der Waals surface area contributed by atoms with Gasteiger partial charge >= 0.3 is 0 Å². The van der Waals surface area contributed by atoms with Gasteiger partial charge in [0.25, 0.3) is 0 Å². The molecule has 0 atom stereocenters. The molecule has 162 valence electrons. The maximum atomic E-state index is 6.19. The van der Waals surface area contributed by atoms with Gasteiger partial charge in [0.15, 0.2) is 0 Å². The fourth-order valence-corrected chi connectivity index (χ4v) is 5.04. The number of hydrogen-bond acceptors (Lipinski definition) is 4. The van der Waals surface area contributed by atoms with E-state index in [2.05, 4.69) is 46.2 Å². The lowest BCUT2D eigenvalue weighted by atomic mass is 9.90. The standard InChI is InChI=1S/C25H27Cl2N3O/c26-21-6-4-19(17-22(21)27)16-18-8-10-30(11-9-18)24-7-5-20-2-1-3-23(25(20)28-24)29-12-14-31-15-13-29/h1-7,17-18H,8-16H2. The van der Waals surface area contributed by atoms with Gasteiger partial charge in [-0.15, -0.1) is 0 Å². The van der Waals surface area contributed by atoms with E-state index in [9.17, 15) is 0 Å². The molecule has 2 aliphatic heterocycles. The van der Waals surface area contributed by atoms with Crippen LogP contribution in [0.1, 0.15) is 18.4 Å². The Balaban J connectivity index is 1.29. The van der Waals surface area contributed by atoms with E-state index >= 15 is 0 Å². The van der Waals surface area contributed by atoms with Gasteiger partial charge in [0, 0.05) is 31.6 Å². The summed E-state index contributed by atoms with van der Waals surface area (Å²) in [5, 5.41) is 2.47. The van der Waals surface area contributed by atoms with E-state index in [0.29, 0.717) is 16.0 Å². The summed E-state index contributed by atoms with van der Waals surface area (Å²) in [5.41, 5.74) is 3.59. The SMILES string of the molecule is Clc1ccc(CC2CCN(c3ccc4cccc(N5CCOCC5)c4n3)CC2)cc1Cl. The summed E-state index contributed by atoms with van der Waals surface area (Å²) in [6.45, 7) is 5.47. The number of ether oxygens (including phenoxy) is 1. The van der Waals surface area contributed by atoms with Gasteiger partial charge in [0.2, 0.25) is 0 Å². The fourth-order valence-electron chi connectivity index (χ4n) is 4.72. The minimum absolute atomic E-state index is 0.624. The van der Waals surface area contributed by atoms with Crippen LogP contribution in [-0.2, 0) is 11.2 Å². The number of fused-ring (bicyclic) bond motifs is 1. The zero-order valence-corrected chi connectivity index (χ0v) is 19.1. The van der Waals surface area contributed by atoms with Crippen molar-refractivity contribution in [2.75, 3.05) is 49.2 Å². The predicted molar refractivity (Wildman–Crippen MR) is 130 cm³/mol. The first-order valence-corrected chi connectivity index (χ1v) is 11.8. The number of aromatic nitrogens is 1. The molecule has 0 aliphatic carbocycles. The van der Waals surface area contributed by atoms with Crippen molar-refractivity contribution >= 4 is 45.6 Å². The molecule has 0 spiro atoms. The number of anilines is 2. The number of hydrogen-bond donors (Lipinski definition) is 0. The number of morpholine rings is 1. The molecule has 0 saturated carbocycles. The monoisotopic (exact) mass is 455 g/mol. The van der Waals surface area contributed by atoms with Crippen molar-refractivity contribution in [1.29, 1.82) is 0 Å². The van der Waals surface area contributed by atoms with Crippen LogP contribution in [-0.4, -0.2) is 44.4 Å². The van der Waals surface area contributed by atoms with Crippen molar-refractivity contribution in [3.8, 4) is 0 Å². The molecule has 3 aromatic rings. The van der Waals surface area contributed by atoms with Gasteiger partial charge in [-0.2, -0.15) is 0 Å². The lowest BCUT2D eigenvalue weighted by Gasteiger charge is -2.33. The summed E-state index contributed by atoms with van der Waals surface area (Å²) in [6.07, 6.45) is 3.37. The van der Waals surface area contributed by atoms with Gasteiger partial charge in [-0.1, -0.05) is 41.4 Å². The third-order valence-corrected chi connectivity index (χ3v) is 7.22. The van der Waals surface area contributed by atoms with Crippen LogP contribution in [0.2, 0.25) is 10.0 Å². The van der Waals surface area contributed by atoms with E-state index in [0.717, 1.165) is 70.0 Å². The largest absolute Gasteiger partial charge is 0.378 e. The smallest absolute Gasteiger partial charge is 0.129 e. The van der Waals surface area contributed by atoms with E-state index < -0.39 is 0 Å². The Morgan fingerprint density at radius 3 is 2.45 bits per heavy atom. The average molecular weight is 456 g/mol. The highest BCUT2D eigenvalue weighted by molar-refractivity contribution is 6.42. The second kappa shape index (κ2) is 9.23. The van der Waals surface area contributed by atoms with Crippen LogP contribution in [0.5, 0.6) is 0 Å². The molecule has 6 heteroatoms. The van der Waals surface area contributed by atoms with Crippen LogP contribution in [0.3, 0.4) is 0 Å². The minimum Gasteiger partial charge on any atom is -0.378 e. The molecule has 5 rings (SSSR count). The van der Waals surface area contributed by atoms with Crippen LogP contribution < -0.4 is 9.80 Å². The number of nitrogens with zero attached hydrogens (tertiary/aromatic N) is 3. The first-order chi connectivity index (χ1) is 15.2. The number of benzene rings is 2. The molecule has 2 fully saturated rings. The number of para-hydroxylation sites is 1. The van der Waals surface area contributed by atoms with E-state index in [-0.39, 0.29) is 0 Å². The first-order valence-electron chi connectivity index (χ1n) is 11.1. The molecule has 0 unspecified atom stereocenters. The molecule has 0 bridgehead atoms. The van der Waals surface area contributed by atoms with E-state index in [1.54, 1.807) is 0 Å². The summed E-state index contributed by atoms with van der Waals surface area (Å²) in [4.78, 5) is 9.94. The van der Waals surface area contributed by atoms with Crippen molar-refractivity contribution in [3.05, 3.63) is 64.1 Å². The first kappa shape index (κ1) is 20.9. The number of rotatable bonds is 4. The van der Waals surface area contributed by atoms with Crippen molar-refractivity contribution in [2.45, 2.75) is 19.3 Å². The van der Waals surface area contributed by atoms with Gasteiger partial charge in [-0.05, 0) is 61.1 Å². The highest BCUT2D eigenvalue weighted by atomic mass is 35.5. The summed E-state index contributed by atoms with van der Waals surface area (Å²) in [6, 6.07) is 16.9. The number of piperidine rings is 1. The van der Waals surface area contributed by atoms with Crippen LogP contribution in [0, 0.1) is 5.92 Å². The van der Waals surface area contributed by atoms with Crippen LogP contribution in [0.4, 0.5) is 11.5 Å². The van der Waals surface area contributed by atoms with E-state index in [1.807, 2.05) is 12.1 Å². The predicted octanol–water partition coefficient (Wildman–Crippen LogP) is 5.84. The summed E-state index contributed by atoms with van der Waals surface area (Å²) >= 11 is 12.3. The van der Waals surface area contributed by atoms with Crippen LogP contribution >= 0.6 is 23.2 Å². The van der Waals surface area contributed by atoms with Gasteiger partial charge in [-0.25, -0.2) is 4.98 Å². The third-order valence-electron chi connectivity index (χ3n) is 6.48. The number of halogens is 2. The molecule has 0 N–H and O–H groups in total. The molecule has 1 aromatic heterocycles. The zero-order valence-electron chi connectivity index (χ0n) is 17.6. The molecule has 0 radical (unpaired) electrons. The maximum absolute atomic E-state index is 6.19.